The Morgan fingerprint density at radius 2 is 1.42 bits per heavy atom. The SMILES string of the molecule is c1ccc2c(c1)COSSOC2. The molecule has 0 unspecified atom stereocenters. The summed E-state index contributed by atoms with van der Waals surface area (Å²) in [6.07, 6.45) is 0. The van der Waals surface area contributed by atoms with Gasteiger partial charge in [0.15, 0.2) is 0 Å². The number of hydrogen-bond donors (Lipinski definition) is 0. The van der Waals surface area contributed by atoms with E-state index in [2.05, 4.69) is 12.1 Å². The third-order valence-corrected chi connectivity index (χ3v) is 2.90. The molecule has 1 aliphatic rings. The molecule has 0 saturated carbocycles. The van der Waals surface area contributed by atoms with E-state index >= 15 is 0 Å². The van der Waals surface area contributed by atoms with Crippen LogP contribution in [0, 0.1) is 0 Å². The lowest BCUT2D eigenvalue weighted by Crippen LogP contribution is -1.97. The molecule has 64 valence electrons. The van der Waals surface area contributed by atoms with Gasteiger partial charge in [0.05, 0.1) is 35.4 Å². The Bertz CT molecular complexity index is 238. The van der Waals surface area contributed by atoms with Gasteiger partial charge in [-0.1, -0.05) is 24.3 Å². The molecule has 0 amide bonds. The van der Waals surface area contributed by atoms with Gasteiger partial charge >= 0.3 is 0 Å². The van der Waals surface area contributed by atoms with Crippen molar-refractivity contribution < 1.29 is 8.37 Å². The molecule has 1 aliphatic heterocycles. The molecular weight excluding hydrogens is 192 g/mol. The van der Waals surface area contributed by atoms with Crippen molar-refractivity contribution >= 4 is 22.1 Å². The molecular formula is C8H8O2S2. The minimum Gasteiger partial charge on any atom is -0.299 e. The van der Waals surface area contributed by atoms with Gasteiger partial charge in [0.1, 0.15) is 0 Å². The maximum Gasteiger partial charge on any atom is 0.0928 e. The largest absolute Gasteiger partial charge is 0.299 e. The molecule has 2 rings (SSSR count). The van der Waals surface area contributed by atoms with Crippen LogP contribution < -0.4 is 0 Å². The standard InChI is InChI=1S/C8H8O2S2/c1-2-4-8-6-10-12-11-9-5-7(8)3-1/h1-4H,5-6H2. The van der Waals surface area contributed by atoms with Gasteiger partial charge in [-0.3, -0.25) is 8.37 Å². The van der Waals surface area contributed by atoms with Gasteiger partial charge in [-0.25, -0.2) is 0 Å². The summed E-state index contributed by atoms with van der Waals surface area (Å²) < 4.78 is 10.5. The number of rotatable bonds is 0. The fourth-order valence-corrected chi connectivity index (χ4v) is 2.01. The van der Waals surface area contributed by atoms with E-state index in [0.717, 1.165) is 0 Å². The molecule has 0 bridgehead atoms. The quantitative estimate of drug-likeness (QED) is 0.473. The zero-order chi connectivity index (χ0) is 8.23. The first-order valence-corrected chi connectivity index (χ1v) is 5.61. The normalized spacial score (nSPS) is 17.7. The molecule has 0 aromatic heterocycles. The Morgan fingerprint density at radius 3 is 1.92 bits per heavy atom. The molecule has 0 radical (unpaired) electrons. The van der Waals surface area contributed by atoms with E-state index in [1.165, 1.54) is 33.3 Å². The van der Waals surface area contributed by atoms with Crippen molar-refractivity contribution in [1.82, 2.24) is 0 Å². The van der Waals surface area contributed by atoms with E-state index in [1.807, 2.05) is 12.1 Å². The molecule has 0 aliphatic carbocycles. The van der Waals surface area contributed by atoms with E-state index in [-0.39, 0.29) is 0 Å². The van der Waals surface area contributed by atoms with Crippen molar-refractivity contribution in [3.63, 3.8) is 0 Å². The summed E-state index contributed by atoms with van der Waals surface area (Å²) in [4.78, 5) is 0. The molecule has 0 N–H and O–H groups in total. The molecule has 1 aromatic carbocycles. The van der Waals surface area contributed by atoms with Gasteiger partial charge < -0.3 is 0 Å². The lowest BCUT2D eigenvalue weighted by molar-refractivity contribution is 0.332. The third kappa shape index (κ3) is 1.95. The number of benzene rings is 1. The van der Waals surface area contributed by atoms with Crippen LogP contribution in [-0.4, -0.2) is 0 Å². The van der Waals surface area contributed by atoms with Crippen LogP contribution in [0.3, 0.4) is 0 Å². The Labute approximate surface area is 79.4 Å². The van der Waals surface area contributed by atoms with Crippen LogP contribution in [0.15, 0.2) is 24.3 Å². The van der Waals surface area contributed by atoms with Crippen LogP contribution in [0.5, 0.6) is 0 Å². The van der Waals surface area contributed by atoms with Gasteiger partial charge in [0.2, 0.25) is 0 Å². The minimum atomic E-state index is 0.664. The molecule has 2 nitrogen and oxygen atoms in total. The van der Waals surface area contributed by atoms with E-state index < -0.39 is 0 Å². The van der Waals surface area contributed by atoms with Crippen LogP contribution in [0.1, 0.15) is 11.1 Å². The highest BCUT2D eigenvalue weighted by atomic mass is 33.1. The van der Waals surface area contributed by atoms with Crippen LogP contribution in [0.2, 0.25) is 0 Å². The van der Waals surface area contributed by atoms with Crippen molar-refractivity contribution in [2.24, 2.45) is 0 Å². The van der Waals surface area contributed by atoms with Crippen LogP contribution >= 0.6 is 22.1 Å². The summed E-state index contributed by atoms with van der Waals surface area (Å²) in [6, 6.07) is 8.16. The van der Waals surface area contributed by atoms with Gasteiger partial charge in [-0.05, 0) is 11.1 Å². The smallest absolute Gasteiger partial charge is 0.0928 e. The van der Waals surface area contributed by atoms with Crippen molar-refractivity contribution in [2.75, 3.05) is 0 Å². The second-order valence-corrected chi connectivity index (χ2v) is 3.99. The van der Waals surface area contributed by atoms with Crippen LogP contribution in [-0.2, 0) is 21.6 Å². The van der Waals surface area contributed by atoms with Crippen molar-refractivity contribution in [3.8, 4) is 0 Å². The molecule has 0 spiro atoms. The number of fused-ring (bicyclic) bond motifs is 1. The van der Waals surface area contributed by atoms with Gasteiger partial charge in [-0.2, -0.15) is 0 Å². The highest BCUT2D eigenvalue weighted by Crippen LogP contribution is 2.29. The second-order valence-electron chi connectivity index (χ2n) is 2.43. The maximum atomic E-state index is 5.26. The van der Waals surface area contributed by atoms with Gasteiger partial charge in [-0.15, -0.1) is 0 Å². The summed E-state index contributed by atoms with van der Waals surface area (Å²) in [5.41, 5.74) is 2.43. The summed E-state index contributed by atoms with van der Waals surface area (Å²) in [5, 5.41) is 0. The Kier molecular flexibility index (Phi) is 2.94. The minimum absolute atomic E-state index is 0.664. The average molecular weight is 200 g/mol. The highest BCUT2D eigenvalue weighted by Gasteiger charge is 2.06. The first-order valence-electron chi connectivity index (χ1n) is 3.61. The first kappa shape index (κ1) is 8.44. The fourth-order valence-electron chi connectivity index (χ4n) is 1.05. The molecule has 12 heavy (non-hydrogen) atoms. The molecule has 4 heteroatoms. The molecule has 1 heterocycles. The molecule has 1 aromatic rings. The fraction of sp³-hybridized carbons (Fsp3) is 0.250. The summed E-state index contributed by atoms with van der Waals surface area (Å²) in [5.74, 6) is 0. The Balaban J connectivity index is 2.24. The summed E-state index contributed by atoms with van der Waals surface area (Å²) in [7, 11) is 0. The molecule has 0 saturated heterocycles. The van der Waals surface area contributed by atoms with E-state index in [9.17, 15) is 0 Å². The van der Waals surface area contributed by atoms with Crippen molar-refractivity contribution in [3.05, 3.63) is 35.4 Å². The van der Waals surface area contributed by atoms with E-state index in [1.54, 1.807) is 0 Å². The maximum absolute atomic E-state index is 5.26. The van der Waals surface area contributed by atoms with Crippen LogP contribution in [0.25, 0.3) is 0 Å². The molecule has 0 fully saturated rings. The third-order valence-electron chi connectivity index (χ3n) is 1.67. The predicted molar refractivity (Wildman–Crippen MR) is 51.2 cm³/mol. The van der Waals surface area contributed by atoms with Crippen LogP contribution in [0.4, 0.5) is 0 Å². The monoisotopic (exact) mass is 200 g/mol. The first-order chi connectivity index (χ1) is 5.97. The highest BCUT2D eigenvalue weighted by molar-refractivity contribution is 8.73. The zero-order valence-corrected chi connectivity index (χ0v) is 7.99. The second kappa shape index (κ2) is 4.18. The summed E-state index contributed by atoms with van der Waals surface area (Å²) in [6.45, 7) is 1.33. The average Bonchev–Trinajstić information content (AvgIpc) is 2.06. The van der Waals surface area contributed by atoms with Crippen molar-refractivity contribution in [2.45, 2.75) is 13.2 Å². The van der Waals surface area contributed by atoms with E-state index in [0.29, 0.717) is 13.2 Å². The lowest BCUT2D eigenvalue weighted by atomic mass is 10.1. The van der Waals surface area contributed by atoms with Gasteiger partial charge in [0, 0.05) is 0 Å². The topological polar surface area (TPSA) is 18.5 Å². The number of hydrogen-bond acceptors (Lipinski definition) is 4. The lowest BCUT2D eigenvalue weighted by Gasteiger charge is -2.11. The summed E-state index contributed by atoms with van der Waals surface area (Å²) >= 11 is 2.57. The van der Waals surface area contributed by atoms with Gasteiger partial charge in [0.25, 0.3) is 0 Å². The van der Waals surface area contributed by atoms with E-state index in [4.69, 9.17) is 8.37 Å². The Hall–Kier alpha value is -0.160. The zero-order valence-electron chi connectivity index (χ0n) is 6.36. The molecule has 0 atom stereocenters. The van der Waals surface area contributed by atoms with Crippen molar-refractivity contribution in [1.29, 1.82) is 0 Å². The Morgan fingerprint density at radius 1 is 0.917 bits per heavy atom. The predicted octanol–water partition coefficient (Wildman–Crippen LogP) is 2.94.